The van der Waals surface area contributed by atoms with Crippen LogP contribution in [-0.2, 0) is 6.42 Å². The molecule has 2 aromatic rings. The molecule has 0 aromatic heterocycles. The highest BCUT2D eigenvalue weighted by molar-refractivity contribution is 5.97. The van der Waals surface area contributed by atoms with E-state index in [4.69, 9.17) is 4.74 Å². The zero-order chi connectivity index (χ0) is 21.7. The number of halogens is 2. The average Bonchev–Trinajstić information content (AvgIpc) is 3.13. The minimum atomic E-state index is -2.95. The van der Waals surface area contributed by atoms with Gasteiger partial charge in [0.05, 0.1) is 7.11 Å². The summed E-state index contributed by atoms with van der Waals surface area (Å²) in [6.45, 7) is 0.390. The van der Waals surface area contributed by atoms with Crippen molar-refractivity contribution in [2.24, 2.45) is 0 Å². The second-order valence-corrected chi connectivity index (χ2v) is 6.75. The average molecular weight is 419 g/mol. The molecule has 1 fully saturated rings. The highest BCUT2D eigenvalue weighted by atomic mass is 19.3. The molecule has 0 spiro atoms. The number of urea groups is 1. The van der Waals surface area contributed by atoms with Gasteiger partial charge in [-0.1, -0.05) is 6.07 Å². The fourth-order valence-corrected chi connectivity index (χ4v) is 3.29. The van der Waals surface area contributed by atoms with Gasteiger partial charge in [-0.15, -0.1) is 0 Å². The van der Waals surface area contributed by atoms with Crippen molar-refractivity contribution < 1.29 is 27.8 Å². The van der Waals surface area contributed by atoms with Gasteiger partial charge in [-0.25, -0.2) is 4.79 Å². The molecule has 0 radical (unpaired) electrons. The zero-order valence-electron chi connectivity index (χ0n) is 16.7. The van der Waals surface area contributed by atoms with Gasteiger partial charge in [0.1, 0.15) is 0 Å². The van der Waals surface area contributed by atoms with E-state index in [-0.39, 0.29) is 23.4 Å². The molecule has 0 unspecified atom stereocenters. The molecule has 2 aromatic carbocycles. The van der Waals surface area contributed by atoms with Crippen LogP contribution in [0.2, 0.25) is 0 Å². The fourth-order valence-electron chi connectivity index (χ4n) is 3.29. The summed E-state index contributed by atoms with van der Waals surface area (Å²) >= 11 is 0. The van der Waals surface area contributed by atoms with Crippen molar-refractivity contribution in [3.8, 4) is 11.5 Å². The molecule has 2 N–H and O–H groups in total. The number of alkyl halides is 2. The van der Waals surface area contributed by atoms with Gasteiger partial charge in [0.2, 0.25) is 0 Å². The van der Waals surface area contributed by atoms with Gasteiger partial charge in [-0.2, -0.15) is 8.78 Å². The first-order valence-corrected chi connectivity index (χ1v) is 9.45. The van der Waals surface area contributed by atoms with E-state index in [9.17, 15) is 18.4 Å². The Labute approximate surface area is 173 Å². The maximum atomic E-state index is 12.5. The smallest absolute Gasteiger partial charge is 0.387 e. The van der Waals surface area contributed by atoms with Crippen molar-refractivity contribution >= 4 is 17.6 Å². The highest BCUT2D eigenvalue weighted by Gasteiger charge is 2.23. The second-order valence-electron chi connectivity index (χ2n) is 6.75. The highest BCUT2D eigenvalue weighted by Crippen LogP contribution is 2.29. The van der Waals surface area contributed by atoms with E-state index in [1.807, 2.05) is 6.92 Å². The summed E-state index contributed by atoms with van der Waals surface area (Å²) in [5, 5.41) is 5.56. The summed E-state index contributed by atoms with van der Waals surface area (Å²) in [5.74, 6) is -0.0908. The number of ether oxygens (including phenoxy) is 2. The molecule has 1 heterocycles. The zero-order valence-corrected chi connectivity index (χ0v) is 16.7. The number of nitrogens with zero attached hydrogens (tertiary/aromatic N) is 1. The number of benzene rings is 2. The van der Waals surface area contributed by atoms with Crippen molar-refractivity contribution in [3.63, 3.8) is 0 Å². The Bertz CT molecular complexity index is 936. The predicted octanol–water partition coefficient (Wildman–Crippen LogP) is 3.11. The van der Waals surface area contributed by atoms with Crippen LogP contribution in [0.4, 0.5) is 19.3 Å². The number of hydrogen-bond donors (Lipinski definition) is 2. The number of aryl methyl sites for hydroxylation is 1. The van der Waals surface area contributed by atoms with Gasteiger partial charge in [-0.3, -0.25) is 9.69 Å². The maximum Gasteiger partial charge on any atom is 0.387 e. The summed E-state index contributed by atoms with van der Waals surface area (Å²) in [4.78, 5) is 25.9. The molecular weight excluding hydrogens is 396 g/mol. The monoisotopic (exact) mass is 419 g/mol. The van der Waals surface area contributed by atoms with Crippen LogP contribution in [0.25, 0.3) is 0 Å². The van der Waals surface area contributed by atoms with Gasteiger partial charge in [0, 0.05) is 30.9 Å². The van der Waals surface area contributed by atoms with Crippen LogP contribution in [0.5, 0.6) is 11.5 Å². The lowest BCUT2D eigenvalue weighted by Gasteiger charge is -2.17. The molecule has 160 valence electrons. The Hall–Kier alpha value is -3.36. The third-order valence-corrected chi connectivity index (χ3v) is 4.75. The van der Waals surface area contributed by atoms with E-state index in [0.29, 0.717) is 31.6 Å². The number of carbonyl (C=O) groups excluding carboxylic acids is 2. The molecule has 7 nitrogen and oxygen atoms in total. The number of rotatable bonds is 8. The lowest BCUT2D eigenvalue weighted by molar-refractivity contribution is -0.0512. The third-order valence-electron chi connectivity index (χ3n) is 4.75. The standard InChI is InChI=1S/C21H23F2N3O4/c1-13-11-15(4-5-16(13)26-10-9-25-21(26)28)19(27)24-8-7-14-3-6-17(29-2)18(12-14)30-20(22)23/h3-6,11-12,20H,7-10H2,1-2H3,(H,24,27)(H,25,28). The second kappa shape index (κ2) is 9.43. The Balaban J connectivity index is 1.59. The van der Waals surface area contributed by atoms with Crippen molar-refractivity contribution in [1.82, 2.24) is 10.6 Å². The van der Waals surface area contributed by atoms with E-state index in [2.05, 4.69) is 15.4 Å². The Morgan fingerprint density at radius 2 is 2.03 bits per heavy atom. The van der Waals surface area contributed by atoms with Gasteiger partial charge in [0.15, 0.2) is 11.5 Å². The van der Waals surface area contributed by atoms with Crippen molar-refractivity contribution in [3.05, 3.63) is 53.1 Å². The molecule has 0 saturated carbocycles. The first kappa shape index (κ1) is 21.4. The molecule has 0 bridgehead atoms. The summed E-state index contributed by atoms with van der Waals surface area (Å²) in [7, 11) is 1.37. The molecule has 0 aliphatic carbocycles. The lowest BCUT2D eigenvalue weighted by Crippen LogP contribution is -2.29. The molecule has 0 atom stereocenters. The summed E-state index contributed by atoms with van der Waals surface area (Å²) in [6.07, 6.45) is 0.431. The van der Waals surface area contributed by atoms with E-state index in [1.54, 1.807) is 35.2 Å². The first-order chi connectivity index (χ1) is 14.4. The number of methoxy groups -OCH3 is 1. The molecule has 9 heteroatoms. The van der Waals surface area contributed by atoms with Crippen LogP contribution in [0.15, 0.2) is 36.4 Å². The quantitative estimate of drug-likeness (QED) is 0.689. The molecule has 1 aliphatic rings. The van der Waals surface area contributed by atoms with Gasteiger partial charge in [0.25, 0.3) is 5.91 Å². The minimum Gasteiger partial charge on any atom is -0.493 e. The Kier molecular flexibility index (Phi) is 6.71. The van der Waals surface area contributed by atoms with Crippen LogP contribution in [0, 0.1) is 6.92 Å². The molecule has 30 heavy (non-hydrogen) atoms. The third kappa shape index (κ3) is 4.97. The van der Waals surface area contributed by atoms with Crippen molar-refractivity contribution in [1.29, 1.82) is 0 Å². The van der Waals surface area contributed by atoms with Crippen molar-refractivity contribution in [2.45, 2.75) is 20.0 Å². The number of nitrogens with one attached hydrogen (secondary N) is 2. The molecule has 1 saturated heterocycles. The lowest BCUT2D eigenvalue weighted by atomic mass is 10.1. The van der Waals surface area contributed by atoms with E-state index < -0.39 is 6.61 Å². The predicted molar refractivity (Wildman–Crippen MR) is 108 cm³/mol. The Morgan fingerprint density at radius 1 is 1.23 bits per heavy atom. The van der Waals surface area contributed by atoms with E-state index >= 15 is 0 Å². The Morgan fingerprint density at radius 3 is 2.67 bits per heavy atom. The largest absolute Gasteiger partial charge is 0.493 e. The van der Waals surface area contributed by atoms with Gasteiger partial charge >= 0.3 is 12.6 Å². The van der Waals surface area contributed by atoms with Crippen LogP contribution >= 0.6 is 0 Å². The number of amides is 3. The molecule has 3 rings (SSSR count). The minimum absolute atomic E-state index is 0.0477. The molecular formula is C21H23F2N3O4. The van der Waals surface area contributed by atoms with E-state index in [0.717, 1.165) is 16.8 Å². The number of carbonyl (C=O) groups is 2. The first-order valence-electron chi connectivity index (χ1n) is 9.45. The summed E-state index contributed by atoms with van der Waals surface area (Å²) < 4.78 is 34.6. The topological polar surface area (TPSA) is 79.9 Å². The van der Waals surface area contributed by atoms with E-state index in [1.165, 1.54) is 13.2 Å². The summed E-state index contributed by atoms with van der Waals surface area (Å²) in [5.41, 5.74) is 2.79. The van der Waals surface area contributed by atoms with Crippen molar-refractivity contribution in [2.75, 3.05) is 31.6 Å². The van der Waals surface area contributed by atoms with Crippen LogP contribution < -0.4 is 25.0 Å². The molecule has 1 aliphatic heterocycles. The van der Waals surface area contributed by atoms with Crippen LogP contribution in [0.3, 0.4) is 0 Å². The number of hydrogen-bond acceptors (Lipinski definition) is 4. The maximum absolute atomic E-state index is 12.5. The fraction of sp³-hybridized carbons (Fsp3) is 0.333. The number of anilines is 1. The van der Waals surface area contributed by atoms with Crippen LogP contribution in [0.1, 0.15) is 21.5 Å². The summed E-state index contributed by atoms with van der Waals surface area (Å²) in [6, 6.07) is 9.76. The SMILES string of the molecule is COc1ccc(CCNC(=O)c2ccc(N3CCNC3=O)c(C)c2)cc1OC(F)F. The van der Waals surface area contributed by atoms with Gasteiger partial charge in [-0.05, 0) is 54.8 Å². The van der Waals surface area contributed by atoms with Gasteiger partial charge < -0.3 is 20.1 Å². The van der Waals surface area contributed by atoms with Crippen LogP contribution in [-0.4, -0.2) is 45.3 Å². The molecule has 3 amide bonds. The normalized spacial score (nSPS) is 13.4.